The number of nitrogens with zero attached hydrogens (tertiary/aromatic N) is 2. The van der Waals surface area contributed by atoms with Crippen molar-refractivity contribution in [1.29, 1.82) is 0 Å². The van der Waals surface area contributed by atoms with Crippen LogP contribution in [0.2, 0.25) is 0 Å². The summed E-state index contributed by atoms with van der Waals surface area (Å²) in [6.45, 7) is 6.89. The van der Waals surface area contributed by atoms with Gasteiger partial charge in [0.2, 0.25) is 0 Å². The minimum atomic E-state index is -0.574. The number of carbonyl (C=O) groups is 2. The molecule has 5 heteroatoms. The van der Waals surface area contributed by atoms with Gasteiger partial charge in [-0.3, -0.25) is 9.69 Å². The van der Waals surface area contributed by atoms with Crippen LogP contribution in [0.5, 0.6) is 0 Å². The number of fused-ring (bicyclic) bond motifs is 1. The summed E-state index contributed by atoms with van der Waals surface area (Å²) in [5.41, 5.74) is 3.06. The summed E-state index contributed by atoms with van der Waals surface area (Å²) >= 11 is 0. The molecular formula is C23H28N2O3. The van der Waals surface area contributed by atoms with Gasteiger partial charge in [0.25, 0.3) is 5.91 Å². The third-order valence-corrected chi connectivity index (χ3v) is 4.69. The molecule has 0 bridgehead atoms. The molecule has 1 atom stereocenters. The first-order valence-electron chi connectivity index (χ1n) is 9.51. The van der Waals surface area contributed by atoms with E-state index >= 15 is 0 Å². The Hall–Kier alpha value is -2.66. The number of hydrogen-bond acceptors (Lipinski definition) is 4. The Labute approximate surface area is 166 Å². The van der Waals surface area contributed by atoms with Gasteiger partial charge in [-0.05, 0) is 49.6 Å². The smallest absolute Gasteiger partial charge is 0.328 e. The van der Waals surface area contributed by atoms with Crippen molar-refractivity contribution in [3.05, 3.63) is 70.8 Å². The monoisotopic (exact) mass is 380 g/mol. The van der Waals surface area contributed by atoms with Crippen molar-refractivity contribution in [1.82, 2.24) is 9.80 Å². The predicted molar refractivity (Wildman–Crippen MR) is 109 cm³/mol. The topological polar surface area (TPSA) is 49.9 Å². The Morgan fingerprint density at radius 3 is 2.39 bits per heavy atom. The van der Waals surface area contributed by atoms with Crippen LogP contribution in [0.3, 0.4) is 0 Å². The lowest BCUT2D eigenvalue weighted by molar-refractivity contribution is -0.161. The number of benzene rings is 2. The molecule has 1 aliphatic heterocycles. The zero-order valence-electron chi connectivity index (χ0n) is 17.2. The van der Waals surface area contributed by atoms with Crippen LogP contribution in [0.4, 0.5) is 0 Å². The van der Waals surface area contributed by atoms with Crippen molar-refractivity contribution in [3.8, 4) is 0 Å². The highest BCUT2D eigenvalue weighted by atomic mass is 16.6. The van der Waals surface area contributed by atoms with E-state index in [1.807, 2.05) is 57.2 Å². The van der Waals surface area contributed by atoms with Crippen LogP contribution in [0.1, 0.15) is 53.9 Å². The van der Waals surface area contributed by atoms with Gasteiger partial charge in [0.05, 0.1) is 0 Å². The van der Waals surface area contributed by atoms with Gasteiger partial charge < -0.3 is 9.64 Å². The Balaban J connectivity index is 1.97. The van der Waals surface area contributed by atoms with Crippen molar-refractivity contribution in [2.24, 2.45) is 0 Å². The molecule has 2 aromatic rings. The summed E-state index contributed by atoms with van der Waals surface area (Å²) in [6, 6.07) is 15.2. The second-order valence-corrected chi connectivity index (χ2v) is 8.44. The van der Waals surface area contributed by atoms with Gasteiger partial charge in [0.15, 0.2) is 0 Å². The highest BCUT2D eigenvalue weighted by Crippen LogP contribution is 2.37. The molecule has 0 aromatic heterocycles. The van der Waals surface area contributed by atoms with Crippen LogP contribution in [0.25, 0.3) is 0 Å². The fourth-order valence-corrected chi connectivity index (χ4v) is 3.49. The SMILES string of the molecule is CN(C)C(=O)c1ccc2c(c1)C(C(=O)OC(C)(C)C)N(Cc1ccccc1)C2. The standard InChI is InChI=1S/C23H28N2O3/c1-23(2,3)28-22(27)20-19-13-17(21(26)24(4)5)11-12-18(19)15-25(20)14-16-9-7-6-8-10-16/h6-13,20H,14-15H2,1-5H3. The lowest BCUT2D eigenvalue weighted by Crippen LogP contribution is -2.34. The van der Waals surface area contributed by atoms with E-state index in [0.717, 1.165) is 16.7 Å². The summed E-state index contributed by atoms with van der Waals surface area (Å²) in [5, 5.41) is 0. The van der Waals surface area contributed by atoms with Crippen LogP contribution < -0.4 is 0 Å². The van der Waals surface area contributed by atoms with Gasteiger partial charge >= 0.3 is 5.97 Å². The minimum Gasteiger partial charge on any atom is -0.459 e. The van der Waals surface area contributed by atoms with Gasteiger partial charge in [-0.2, -0.15) is 0 Å². The average Bonchev–Trinajstić information content (AvgIpc) is 2.97. The van der Waals surface area contributed by atoms with E-state index < -0.39 is 11.6 Å². The average molecular weight is 380 g/mol. The van der Waals surface area contributed by atoms with E-state index in [9.17, 15) is 9.59 Å². The van der Waals surface area contributed by atoms with Gasteiger partial charge in [-0.15, -0.1) is 0 Å². The van der Waals surface area contributed by atoms with Crippen LogP contribution >= 0.6 is 0 Å². The van der Waals surface area contributed by atoms with Crippen molar-refractivity contribution >= 4 is 11.9 Å². The van der Waals surface area contributed by atoms with Gasteiger partial charge in [-0.1, -0.05) is 36.4 Å². The maximum atomic E-state index is 13.1. The molecule has 5 nitrogen and oxygen atoms in total. The molecule has 0 saturated carbocycles. The van der Waals surface area contributed by atoms with E-state index in [1.54, 1.807) is 19.0 Å². The highest BCUT2D eigenvalue weighted by Gasteiger charge is 2.38. The minimum absolute atomic E-state index is 0.0766. The van der Waals surface area contributed by atoms with Crippen LogP contribution in [-0.4, -0.2) is 41.4 Å². The van der Waals surface area contributed by atoms with E-state index in [2.05, 4.69) is 17.0 Å². The largest absolute Gasteiger partial charge is 0.459 e. The molecule has 1 aliphatic rings. The summed E-state index contributed by atoms with van der Waals surface area (Å²) in [5.74, 6) is -0.358. The second-order valence-electron chi connectivity index (χ2n) is 8.44. The molecule has 1 amide bonds. The molecule has 28 heavy (non-hydrogen) atoms. The molecule has 148 valence electrons. The zero-order valence-corrected chi connectivity index (χ0v) is 17.2. The normalized spacial score (nSPS) is 16.5. The molecule has 1 heterocycles. The fraction of sp³-hybridized carbons (Fsp3) is 0.391. The number of amides is 1. The maximum Gasteiger partial charge on any atom is 0.328 e. The Morgan fingerprint density at radius 2 is 1.79 bits per heavy atom. The molecule has 0 radical (unpaired) electrons. The lowest BCUT2D eigenvalue weighted by Gasteiger charge is -2.28. The van der Waals surface area contributed by atoms with E-state index in [0.29, 0.717) is 18.7 Å². The summed E-state index contributed by atoms with van der Waals surface area (Å²) < 4.78 is 5.72. The molecule has 0 saturated heterocycles. The van der Waals surface area contributed by atoms with Crippen molar-refractivity contribution < 1.29 is 14.3 Å². The molecule has 0 N–H and O–H groups in total. The molecule has 2 aromatic carbocycles. The van der Waals surface area contributed by atoms with Crippen molar-refractivity contribution in [3.63, 3.8) is 0 Å². The van der Waals surface area contributed by atoms with Gasteiger partial charge in [0, 0.05) is 32.7 Å². The van der Waals surface area contributed by atoms with E-state index in [-0.39, 0.29) is 11.9 Å². The number of ether oxygens (including phenoxy) is 1. The maximum absolute atomic E-state index is 13.1. The number of esters is 1. The van der Waals surface area contributed by atoms with E-state index in [4.69, 9.17) is 4.74 Å². The molecule has 0 fully saturated rings. The molecular weight excluding hydrogens is 352 g/mol. The third kappa shape index (κ3) is 4.42. The molecule has 3 rings (SSSR count). The number of rotatable bonds is 4. The van der Waals surface area contributed by atoms with Crippen molar-refractivity contribution in [2.45, 2.75) is 45.5 Å². The third-order valence-electron chi connectivity index (χ3n) is 4.69. The molecule has 0 spiro atoms. The fourth-order valence-electron chi connectivity index (χ4n) is 3.49. The van der Waals surface area contributed by atoms with Gasteiger partial charge in [-0.25, -0.2) is 4.79 Å². The summed E-state index contributed by atoms with van der Waals surface area (Å²) in [6.07, 6.45) is 0. The molecule has 1 unspecified atom stereocenters. The number of carbonyl (C=O) groups excluding carboxylic acids is 2. The van der Waals surface area contributed by atoms with Crippen molar-refractivity contribution in [2.75, 3.05) is 14.1 Å². The van der Waals surface area contributed by atoms with Crippen LogP contribution in [-0.2, 0) is 22.6 Å². The Bertz CT molecular complexity index is 869. The Morgan fingerprint density at radius 1 is 1.11 bits per heavy atom. The quantitative estimate of drug-likeness (QED) is 0.758. The number of hydrogen-bond donors (Lipinski definition) is 0. The highest BCUT2D eigenvalue weighted by molar-refractivity contribution is 5.94. The first-order chi connectivity index (χ1) is 13.2. The second kappa shape index (κ2) is 7.76. The lowest BCUT2D eigenvalue weighted by atomic mass is 10.0. The summed E-state index contributed by atoms with van der Waals surface area (Å²) in [7, 11) is 3.45. The van der Waals surface area contributed by atoms with E-state index in [1.165, 1.54) is 0 Å². The van der Waals surface area contributed by atoms with Crippen LogP contribution in [0, 0.1) is 0 Å². The predicted octanol–water partition coefficient (Wildman–Crippen LogP) is 3.79. The first-order valence-corrected chi connectivity index (χ1v) is 9.51. The summed E-state index contributed by atoms with van der Waals surface area (Å²) in [4.78, 5) is 29.2. The Kier molecular flexibility index (Phi) is 5.57. The van der Waals surface area contributed by atoms with Crippen LogP contribution in [0.15, 0.2) is 48.5 Å². The van der Waals surface area contributed by atoms with Gasteiger partial charge in [0.1, 0.15) is 11.6 Å². The zero-order chi connectivity index (χ0) is 20.5. The first kappa shape index (κ1) is 20.1. The molecule has 0 aliphatic carbocycles.